The van der Waals surface area contributed by atoms with Crippen LogP contribution in [0.2, 0.25) is 0 Å². The van der Waals surface area contributed by atoms with Gasteiger partial charge in [-0.1, -0.05) is 29.4 Å². The highest BCUT2D eigenvalue weighted by Gasteiger charge is 2.39. The summed E-state index contributed by atoms with van der Waals surface area (Å²) in [6, 6.07) is 15.1. The Morgan fingerprint density at radius 1 is 1.17 bits per heavy atom. The van der Waals surface area contributed by atoms with Crippen molar-refractivity contribution in [1.29, 1.82) is 0 Å². The number of nitrogens with zero attached hydrogens (tertiary/aromatic N) is 3. The molecule has 1 atom stereocenters. The number of anilines is 2. The number of fused-ring (bicyclic) bond motifs is 1. The number of hydrogen-bond acceptors (Lipinski definition) is 5. The molecule has 7 nitrogen and oxygen atoms in total. The molecular formula is C23H25N3O4. The summed E-state index contributed by atoms with van der Waals surface area (Å²) in [6.07, 6.45) is 3.34. The SMILES string of the molecule is COC(=O)CCC1CN(c2ccc3c(c2)CCCC3=NO)C(=O)N1c1ccccc1. The van der Waals surface area contributed by atoms with Crippen LogP contribution in [0.1, 0.15) is 36.8 Å². The Morgan fingerprint density at radius 3 is 2.70 bits per heavy atom. The number of carbonyl (C=O) groups is 2. The largest absolute Gasteiger partial charge is 0.469 e. The van der Waals surface area contributed by atoms with Crippen molar-refractivity contribution in [2.24, 2.45) is 5.16 Å². The summed E-state index contributed by atoms with van der Waals surface area (Å²) in [5.41, 5.74) is 4.36. The average molecular weight is 407 g/mol. The lowest BCUT2D eigenvalue weighted by atomic mass is 9.89. The number of aryl methyl sites for hydroxylation is 1. The zero-order chi connectivity index (χ0) is 21.1. The van der Waals surface area contributed by atoms with Gasteiger partial charge in [-0.2, -0.15) is 0 Å². The minimum Gasteiger partial charge on any atom is -0.469 e. The summed E-state index contributed by atoms with van der Waals surface area (Å²) in [6.45, 7) is 0.491. The highest BCUT2D eigenvalue weighted by atomic mass is 16.5. The summed E-state index contributed by atoms with van der Waals surface area (Å²) < 4.78 is 4.78. The number of amides is 2. The minimum atomic E-state index is -0.279. The summed E-state index contributed by atoms with van der Waals surface area (Å²) in [7, 11) is 1.38. The van der Waals surface area contributed by atoms with E-state index in [9.17, 15) is 14.8 Å². The van der Waals surface area contributed by atoms with E-state index in [1.54, 1.807) is 9.80 Å². The van der Waals surface area contributed by atoms with Crippen LogP contribution >= 0.6 is 0 Å². The van der Waals surface area contributed by atoms with Crippen LogP contribution in [-0.2, 0) is 16.0 Å². The molecule has 2 aromatic rings. The van der Waals surface area contributed by atoms with Crippen molar-refractivity contribution in [3.05, 3.63) is 59.7 Å². The maximum atomic E-state index is 13.4. The number of benzene rings is 2. The normalized spacial score (nSPS) is 19.8. The number of methoxy groups -OCH3 is 1. The second kappa shape index (κ2) is 8.57. The van der Waals surface area contributed by atoms with E-state index in [4.69, 9.17) is 4.74 Å². The first-order valence-corrected chi connectivity index (χ1v) is 10.2. The topological polar surface area (TPSA) is 82.4 Å². The van der Waals surface area contributed by atoms with E-state index in [0.29, 0.717) is 18.7 Å². The second-order valence-corrected chi connectivity index (χ2v) is 7.61. The smallest absolute Gasteiger partial charge is 0.329 e. The van der Waals surface area contributed by atoms with Crippen molar-refractivity contribution in [2.75, 3.05) is 23.5 Å². The fourth-order valence-electron chi connectivity index (χ4n) is 4.31. The van der Waals surface area contributed by atoms with E-state index in [-0.39, 0.29) is 24.5 Å². The molecule has 2 amide bonds. The molecule has 1 aliphatic carbocycles. The molecule has 0 bridgehead atoms. The fourth-order valence-corrected chi connectivity index (χ4v) is 4.31. The number of hydrogen-bond donors (Lipinski definition) is 1. The van der Waals surface area contributed by atoms with Crippen LogP contribution in [0.4, 0.5) is 16.2 Å². The molecule has 1 fully saturated rings. The average Bonchev–Trinajstić information content (AvgIpc) is 3.13. The molecule has 2 aliphatic rings. The first-order chi connectivity index (χ1) is 14.6. The Kier molecular flexibility index (Phi) is 5.70. The molecule has 1 aliphatic heterocycles. The van der Waals surface area contributed by atoms with E-state index in [2.05, 4.69) is 5.16 Å². The Morgan fingerprint density at radius 2 is 1.97 bits per heavy atom. The molecule has 4 rings (SSSR count). The van der Waals surface area contributed by atoms with Gasteiger partial charge in [-0.25, -0.2) is 4.79 Å². The lowest BCUT2D eigenvalue weighted by Gasteiger charge is -2.23. The molecule has 0 saturated carbocycles. The van der Waals surface area contributed by atoms with E-state index < -0.39 is 0 Å². The summed E-state index contributed by atoms with van der Waals surface area (Å²) >= 11 is 0. The maximum Gasteiger partial charge on any atom is 0.329 e. The van der Waals surface area contributed by atoms with Crippen LogP contribution in [-0.4, -0.2) is 42.6 Å². The number of urea groups is 1. The zero-order valence-electron chi connectivity index (χ0n) is 17.0. The number of rotatable bonds is 5. The lowest BCUT2D eigenvalue weighted by molar-refractivity contribution is -0.140. The second-order valence-electron chi connectivity index (χ2n) is 7.61. The highest BCUT2D eigenvalue weighted by molar-refractivity contribution is 6.08. The fraction of sp³-hybridized carbons (Fsp3) is 0.348. The first-order valence-electron chi connectivity index (χ1n) is 10.2. The number of esters is 1. The van der Waals surface area contributed by atoms with Gasteiger partial charge in [0, 0.05) is 29.9 Å². The predicted molar refractivity (Wildman–Crippen MR) is 114 cm³/mol. The molecule has 1 N–H and O–H groups in total. The van der Waals surface area contributed by atoms with Crippen molar-refractivity contribution in [3.8, 4) is 0 Å². The van der Waals surface area contributed by atoms with Gasteiger partial charge in [0.1, 0.15) is 0 Å². The molecule has 7 heteroatoms. The maximum absolute atomic E-state index is 13.4. The van der Waals surface area contributed by atoms with Crippen molar-refractivity contribution in [3.63, 3.8) is 0 Å². The lowest BCUT2D eigenvalue weighted by Crippen LogP contribution is -2.35. The van der Waals surface area contributed by atoms with Gasteiger partial charge in [-0.05, 0) is 55.5 Å². The molecule has 1 heterocycles. The zero-order valence-corrected chi connectivity index (χ0v) is 17.0. The van der Waals surface area contributed by atoms with Gasteiger partial charge in [0.25, 0.3) is 0 Å². The molecule has 156 valence electrons. The van der Waals surface area contributed by atoms with E-state index in [0.717, 1.165) is 41.8 Å². The monoisotopic (exact) mass is 407 g/mol. The Hall–Kier alpha value is -3.35. The molecule has 0 radical (unpaired) electrons. The molecular weight excluding hydrogens is 382 g/mol. The van der Waals surface area contributed by atoms with Crippen LogP contribution in [0.15, 0.2) is 53.7 Å². The molecule has 2 aromatic carbocycles. The number of ether oxygens (including phenoxy) is 1. The predicted octanol–water partition coefficient (Wildman–Crippen LogP) is 3.97. The number of carbonyl (C=O) groups excluding carboxylic acids is 2. The minimum absolute atomic E-state index is 0.108. The third-order valence-corrected chi connectivity index (χ3v) is 5.83. The van der Waals surface area contributed by atoms with Gasteiger partial charge in [-0.15, -0.1) is 0 Å². The number of oxime groups is 1. The number of para-hydroxylation sites is 1. The Balaban J connectivity index is 1.64. The third kappa shape index (κ3) is 3.75. The van der Waals surface area contributed by atoms with Crippen LogP contribution in [0.25, 0.3) is 0 Å². The molecule has 30 heavy (non-hydrogen) atoms. The molecule has 1 saturated heterocycles. The van der Waals surface area contributed by atoms with E-state index >= 15 is 0 Å². The van der Waals surface area contributed by atoms with Crippen molar-refractivity contribution >= 4 is 29.1 Å². The van der Waals surface area contributed by atoms with Gasteiger partial charge in [0.15, 0.2) is 0 Å². The highest BCUT2D eigenvalue weighted by Crippen LogP contribution is 2.33. The van der Waals surface area contributed by atoms with Gasteiger partial charge < -0.3 is 9.94 Å². The third-order valence-electron chi connectivity index (χ3n) is 5.83. The van der Waals surface area contributed by atoms with Crippen molar-refractivity contribution in [1.82, 2.24) is 0 Å². The summed E-state index contributed by atoms with van der Waals surface area (Å²) in [5.74, 6) is -0.279. The standard InChI is InChI=1S/C23H25N3O4/c1-30-22(27)13-11-19-15-25(23(28)26(19)17-7-3-2-4-8-17)18-10-12-20-16(14-18)6-5-9-21(20)24-29/h2-4,7-8,10,12,14,19,29H,5-6,9,11,13,15H2,1H3. The van der Waals surface area contributed by atoms with Gasteiger partial charge >= 0.3 is 12.0 Å². The molecule has 0 aromatic heterocycles. The Labute approximate surface area is 175 Å². The quantitative estimate of drug-likeness (QED) is 0.462. The molecule has 1 unspecified atom stereocenters. The van der Waals surface area contributed by atoms with E-state index in [1.807, 2.05) is 48.5 Å². The molecule has 0 spiro atoms. The first kappa shape index (κ1) is 19.9. The van der Waals surface area contributed by atoms with E-state index in [1.165, 1.54) is 7.11 Å². The van der Waals surface area contributed by atoms with Gasteiger partial charge in [-0.3, -0.25) is 14.6 Å². The van der Waals surface area contributed by atoms with Crippen molar-refractivity contribution < 1.29 is 19.5 Å². The summed E-state index contributed by atoms with van der Waals surface area (Å²) in [5, 5.41) is 12.7. The summed E-state index contributed by atoms with van der Waals surface area (Å²) in [4.78, 5) is 28.6. The van der Waals surface area contributed by atoms with Crippen molar-refractivity contribution in [2.45, 2.75) is 38.1 Å². The van der Waals surface area contributed by atoms with Crippen LogP contribution in [0.5, 0.6) is 0 Å². The van der Waals surface area contributed by atoms with Crippen LogP contribution in [0.3, 0.4) is 0 Å². The van der Waals surface area contributed by atoms with Crippen LogP contribution in [0, 0.1) is 0 Å². The Bertz CT molecular complexity index is 974. The van der Waals surface area contributed by atoms with Crippen LogP contribution < -0.4 is 9.80 Å². The van der Waals surface area contributed by atoms with Gasteiger partial charge in [0.05, 0.1) is 18.9 Å². The van der Waals surface area contributed by atoms with Gasteiger partial charge in [0.2, 0.25) is 0 Å².